The fraction of sp³-hybridized carbons (Fsp3) is 0.422. The fourth-order valence-electron chi connectivity index (χ4n) is 8.41. The van der Waals surface area contributed by atoms with Crippen LogP contribution in [0.4, 0.5) is 21.0 Å². The highest BCUT2D eigenvalue weighted by Crippen LogP contribution is 2.43. The zero-order chi connectivity index (χ0) is 45.2. The van der Waals surface area contributed by atoms with Crippen LogP contribution in [0.1, 0.15) is 72.3 Å². The van der Waals surface area contributed by atoms with Crippen molar-refractivity contribution in [2.75, 3.05) is 50.2 Å². The summed E-state index contributed by atoms with van der Waals surface area (Å²) in [6.07, 6.45) is 7.71. The summed E-state index contributed by atoms with van der Waals surface area (Å²) in [6, 6.07) is 15.1. The van der Waals surface area contributed by atoms with Gasteiger partial charge in [-0.05, 0) is 80.1 Å². The van der Waals surface area contributed by atoms with Crippen LogP contribution < -0.4 is 26.0 Å². The van der Waals surface area contributed by atoms with Crippen LogP contribution in [-0.4, -0.2) is 105 Å². The van der Waals surface area contributed by atoms with Crippen LogP contribution in [0.3, 0.4) is 0 Å². The topological polar surface area (TPSA) is 204 Å². The van der Waals surface area contributed by atoms with Gasteiger partial charge in [-0.15, -0.1) is 16.4 Å². The molecule has 3 aliphatic rings. The standard InChI is InChI=1S/C45H50ClFN10O7S/c46-34-4-2-5-36(41(34)47)64-32-11-14-45(15-12-32,26-31-3-1-6-38(50-31)52-44-49-18-24-65-44)37-28-56(55-54-37)19-21-63-23-22-62-20-17-48-16-13-40(59)51-30-7-8-33-29(25-30)27-57(43(33)61)35-9-10-39(58)53-42(35)60/h1-8,18,24-25,28,32,35,48H,9-17,19-23,26-27H2,(H,51,59)(H,49,50,52)(H,53,58,60)/t32-,35?,45-. The first-order chi connectivity index (χ1) is 31.6. The first kappa shape index (κ1) is 45.7. The Morgan fingerprint density at radius 2 is 1.83 bits per heavy atom. The number of amides is 4. The van der Waals surface area contributed by atoms with Crippen molar-refractivity contribution in [2.24, 2.45) is 0 Å². The van der Waals surface area contributed by atoms with Gasteiger partial charge in [-0.3, -0.25) is 24.5 Å². The predicted molar refractivity (Wildman–Crippen MR) is 240 cm³/mol. The van der Waals surface area contributed by atoms with Gasteiger partial charge in [-0.2, -0.15) is 0 Å². The van der Waals surface area contributed by atoms with Crippen LogP contribution in [0.25, 0.3) is 0 Å². The van der Waals surface area contributed by atoms with Crippen LogP contribution in [0, 0.1) is 5.82 Å². The Morgan fingerprint density at radius 1 is 1.00 bits per heavy atom. The molecule has 1 aliphatic carbocycles. The van der Waals surface area contributed by atoms with Crippen LogP contribution >= 0.6 is 22.9 Å². The Labute approximate surface area is 383 Å². The monoisotopic (exact) mass is 928 g/mol. The molecule has 20 heteroatoms. The van der Waals surface area contributed by atoms with E-state index < -0.39 is 17.8 Å². The number of piperidine rings is 1. The third-order valence-corrected chi connectivity index (χ3v) is 12.8. The second kappa shape index (κ2) is 21.4. The molecule has 1 unspecified atom stereocenters. The highest BCUT2D eigenvalue weighted by Gasteiger charge is 2.41. The maximum atomic E-state index is 14.7. The molecule has 4 N–H and O–H groups in total. The van der Waals surface area contributed by atoms with Crippen molar-refractivity contribution in [1.82, 2.24) is 40.5 Å². The quantitative estimate of drug-likeness (QED) is 0.0525. The summed E-state index contributed by atoms with van der Waals surface area (Å²) in [5.41, 5.74) is 3.16. The molecule has 0 bridgehead atoms. The number of benzene rings is 2. The van der Waals surface area contributed by atoms with E-state index in [-0.39, 0.29) is 65.8 Å². The molecule has 5 heterocycles. The molecule has 1 saturated carbocycles. The molecule has 8 rings (SSSR count). The van der Waals surface area contributed by atoms with E-state index in [2.05, 4.69) is 36.6 Å². The lowest BCUT2D eigenvalue weighted by Crippen LogP contribution is -2.52. The van der Waals surface area contributed by atoms with Crippen molar-refractivity contribution in [2.45, 2.75) is 82.0 Å². The first-order valence-corrected chi connectivity index (χ1v) is 23.0. The number of thiazole rings is 1. The van der Waals surface area contributed by atoms with Gasteiger partial charge < -0.3 is 35.1 Å². The van der Waals surface area contributed by atoms with Gasteiger partial charge in [0.05, 0.1) is 49.8 Å². The second-order valence-corrected chi connectivity index (χ2v) is 17.5. The Hall–Kier alpha value is -5.86. The Morgan fingerprint density at radius 3 is 2.65 bits per heavy atom. The van der Waals surface area contributed by atoms with E-state index in [0.29, 0.717) is 82.4 Å². The number of aromatic nitrogens is 5. The molecule has 1 atom stereocenters. The normalized spacial score (nSPS) is 19.5. The summed E-state index contributed by atoms with van der Waals surface area (Å²) in [7, 11) is 0. The molecule has 2 fully saturated rings. The Kier molecular flexibility index (Phi) is 15.1. The molecule has 0 radical (unpaired) electrons. The van der Waals surface area contributed by atoms with Crippen molar-refractivity contribution >= 4 is 63.2 Å². The fourth-order valence-corrected chi connectivity index (χ4v) is 9.11. The third kappa shape index (κ3) is 11.7. The highest BCUT2D eigenvalue weighted by atomic mass is 35.5. The number of fused-ring (bicyclic) bond motifs is 1. The number of pyridine rings is 1. The Balaban J connectivity index is 0.735. The molecule has 17 nitrogen and oxygen atoms in total. The first-order valence-electron chi connectivity index (χ1n) is 21.7. The molecule has 4 amide bonds. The van der Waals surface area contributed by atoms with E-state index in [1.54, 1.807) is 41.2 Å². The SMILES string of the molecule is O=C1CCC(N2Cc3cc(NC(=O)CCNCCOCCOCCn4cc([C@]5(Cc6cccc(Nc7nccs7)n6)CC[C@@H](Oc6cccc(Cl)c6F)CC5)nn4)ccc3C2=O)C(=O)N1. The second-order valence-electron chi connectivity index (χ2n) is 16.2. The summed E-state index contributed by atoms with van der Waals surface area (Å²) in [5.74, 6) is -0.927. The van der Waals surface area contributed by atoms with Gasteiger partial charge in [0.25, 0.3) is 5.91 Å². The van der Waals surface area contributed by atoms with Crippen LogP contribution in [0.5, 0.6) is 5.75 Å². The van der Waals surface area contributed by atoms with Gasteiger partial charge in [0.15, 0.2) is 16.7 Å². The van der Waals surface area contributed by atoms with E-state index >= 15 is 0 Å². The molecule has 5 aromatic rings. The Bertz CT molecular complexity index is 2470. The van der Waals surface area contributed by atoms with Gasteiger partial charge in [-0.1, -0.05) is 28.9 Å². The molecule has 1 saturated heterocycles. The number of hydrogen-bond donors (Lipinski definition) is 4. The molecule has 3 aromatic heterocycles. The van der Waals surface area contributed by atoms with Crippen molar-refractivity contribution < 1.29 is 37.8 Å². The number of carbonyl (C=O) groups is 4. The molecule has 342 valence electrons. The van der Waals surface area contributed by atoms with Crippen LogP contribution in [0.2, 0.25) is 5.02 Å². The van der Waals surface area contributed by atoms with Gasteiger partial charge in [0.1, 0.15) is 11.9 Å². The van der Waals surface area contributed by atoms with E-state index in [0.717, 1.165) is 34.9 Å². The molecular formula is C45H50ClFN10O7S. The average molecular weight is 929 g/mol. The van der Waals surface area contributed by atoms with Crippen molar-refractivity contribution in [3.63, 3.8) is 0 Å². The number of ether oxygens (including phenoxy) is 3. The lowest BCUT2D eigenvalue weighted by molar-refractivity contribution is -0.137. The summed E-state index contributed by atoms with van der Waals surface area (Å²) >= 11 is 7.52. The zero-order valence-electron chi connectivity index (χ0n) is 35.6. The number of halogens is 2. The predicted octanol–water partition coefficient (Wildman–Crippen LogP) is 5.58. The minimum absolute atomic E-state index is 0.0306. The largest absolute Gasteiger partial charge is 0.487 e. The number of anilines is 3. The van der Waals surface area contributed by atoms with Crippen molar-refractivity contribution in [3.05, 3.63) is 106 Å². The summed E-state index contributed by atoms with van der Waals surface area (Å²) in [6.45, 7) is 3.41. The lowest BCUT2D eigenvalue weighted by atomic mass is 9.68. The number of imide groups is 1. The molecule has 2 aliphatic heterocycles. The number of nitrogens with one attached hydrogen (secondary N) is 4. The van der Waals surface area contributed by atoms with Crippen molar-refractivity contribution in [3.8, 4) is 5.75 Å². The number of carbonyl (C=O) groups excluding carboxylic acids is 4. The molecule has 0 spiro atoms. The van der Waals surface area contributed by atoms with Crippen LogP contribution in [-0.2, 0) is 48.8 Å². The zero-order valence-corrected chi connectivity index (χ0v) is 37.2. The van der Waals surface area contributed by atoms with Crippen LogP contribution in [0.15, 0.2) is 72.4 Å². The molecule has 65 heavy (non-hydrogen) atoms. The molecular weight excluding hydrogens is 879 g/mol. The smallest absolute Gasteiger partial charge is 0.255 e. The minimum atomic E-state index is -0.692. The maximum absolute atomic E-state index is 14.7. The van der Waals surface area contributed by atoms with Crippen molar-refractivity contribution in [1.29, 1.82) is 0 Å². The number of hydrogen-bond acceptors (Lipinski definition) is 14. The van der Waals surface area contributed by atoms with Gasteiger partial charge in [0, 0.05) is 79.0 Å². The van der Waals surface area contributed by atoms with E-state index in [4.69, 9.17) is 30.8 Å². The average Bonchev–Trinajstić information content (AvgIpc) is 4.07. The number of nitrogens with zero attached hydrogens (tertiary/aromatic N) is 6. The van der Waals surface area contributed by atoms with Gasteiger partial charge in [0.2, 0.25) is 17.7 Å². The highest BCUT2D eigenvalue weighted by molar-refractivity contribution is 7.13. The van der Waals surface area contributed by atoms with E-state index in [9.17, 15) is 23.6 Å². The molecule has 2 aromatic carbocycles. The summed E-state index contributed by atoms with van der Waals surface area (Å²) in [4.78, 5) is 60.1. The lowest BCUT2D eigenvalue weighted by Gasteiger charge is -2.38. The number of rotatable bonds is 21. The van der Waals surface area contributed by atoms with E-state index in [1.807, 2.05) is 29.8 Å². The maximum Gasteiger partial charge on any atom is 0.255 e. The summed E-state index contributed by atoms with van der Waals surface area (Å²) < 4.78 is 34.1. The third-order valence-electron chi connectivity index (χ3n) is 11.8. The minimum Gasteiger partial charge on any atom is -0.487 e. The van der Waals surface area contributed by atoms with E-state index in [1.165, 1.54) is 22.3 Å². The van der Waals surface area contributed by atoms with Gasteiger partial charge in [-0.25, -0.2) is 19.0 Å². The summed E-state index contributed by atoms with van der Waals surface area (Å²) in [5, 5.41) is 23.5. The van der Waals surface area contributed by atoms with Gasteiger partial charge >= 0.3 is 0 Å².